The van der Waals surface area contributed by atoms with Crippen molar-refractivity contribution in [2.24, 2.45) is 5.73 Å². The highest BCUT2D eigenvalue weighted by Gasteiger charge is 2.09. The van der Waals surface area contributed by atoms with E-state index in [-0.39, 0.29) is 5.75 Å². The zero-order valence-electron chi connectivity index (χ0n) is 8.97. The molecule has 0 fully saturated rings. The quantitative estimate of drug-likeness (QED) is 0.811. The van der Waals surface area contributed by atoms with E-state index in [4.69, 9.17) is 10.2 Å². The lowest BCUT2D eigenvalue weighted by Gasteiger charge is -1.99. The maximum atomic E-state index is 9.56. The van der Waals surface area contributed by atoms with Gasteiger partial charge in [0.1, 0.15) is 5.75 Å². The number of phenolic OH excluding ortho intramolecular Hbond substituents is 1. The lowest BCUT2D eigenvalue weighted by molar-refractivity contribution is 0.470. The van der Waals surface area contributed by atoms with E-state index in [9.17, 15) is 5.11 Å². The third-order valence-corrected chi connectivity index (χ3v) is 2.28. The van der Waals surface area contributed by atoms with E-state index in [0.717, 1.165) is 5.56 Å². The number of rotatable bonds is 3. The van der Waals surface area contributed by atoms with Crippen molar-refractivity contribution in [3.05, 3.63) is 29.7 Å². The zero-order valence-corrected chi connectivity index (χ0v) is 8.97. The maximum Gasteiger partial charge on any atom is 0.247 e. The van der Waals surface area contributed by atoms with Crippen molar-refractivity contribution in [1.29, 1.82) is 0 Å². The van der Waals surface area contributed by atoms with Crippen molar-refractivity contribution < 1.29 is 9.52 Å². The lowest BCUT2D eigenvalue weighted by atomic mass is 10.1. The summed E-state index contributed by atoms with van der Waals surface area (Å²) in [7, 11) is 0. The van der Waals surface area contributed by atoms with Gasteiger partial charge in [-0.3, -0.25) is 0 Å². The number of hydrogen-bond acceptors (Lipinski definition) is 5. The highest BCUT2D eigenvalue weighted by atomic mass is 16.4. The fourth-order valence-electron chi connectivity index (χ4n) is 1.34. The van der Waals surface area contributed by atoms with Crippen molar-refractivity contribution in [2.45, 2.75) is 13.3 Å². The van der Waals surface area contributed by atoms with E-state index < -0.39 is 0 Å². The molecule has 0 amide bonds. The summed E-state index contributed by atoms with van der Waals surface area (Å²) >= 11 is 0. The minimum Gasteiger partial charge on any atom is -0.508 e. The van der Waals surface area contributed by atoms with Gasteiger partial charge >= 0.3 is 0 Å². The Morgan fingerprint density at radius 1 is 1.38 bits per heavy atom. The summed E-state index contributed by atoms with van der Waals surface area (Å²) in [6.45, 7) is 2.30. The van der Waals surface area contributed by atoms with Crippen LogP contribution >= 0.6 is 0 Å². The topological polar surface area (TPSA) is 85.2 Å². The molecule has 1 aromatic carbocycles. The Morgan fingerprint density at radius 2 is 2.19 bits per heavy atom. The average molecular weight is 219 g/mol. The van der Waals surface area contributed by atoms with Gasteiger partial charge in [-0.2, -0.15) is 0 Å². The molecule has 5 heteroatoms. The van der Waals surface area contributed by atoms with Gasteiger partial charge in [-0.15, -0.1) is 10.2 Å². The molecular formula is C11H13N3O2. The fourth-order valence-corrected chi connectivity index (χ4v) is 1.34. The van der Waals surface area contributed by atoms with Crippen LogP contribution in [0.1, 0.15) is 11.5 Å². The molecule has 1 heterocycles. The summed E-state index contributed by atoms with van der Waals surface area (Å²) in [6, 6.07) is 5.24. The van der Waals surface area contributed by atoms with Gasteiger partial charge < -0.3 is 15.3 Å². The molecule has 0 saturated carbocycles. The maximum absolute atomic E-state index is 9.56. The summed E-state index contributed by atoms with van der Waals surface area (Å²) in [6.07, 6.45) is 0.560. The summed E-state index contributed by atoms with van der Waals surface area (Å²) in [5.74, 6) is 1.13. The zero-order chi connectivity index (χ0) is 11.5. The number of nitrogens with two attached hydrogens (primary N) is 1. The van der Waals surface area contributed by atoms with Crippen LogP contribution < -0.4 is 5.73 Å². The van der Waals surface area contributed by atoms with E-state index in [2.05, 4.69) is 10.2 Å². The first kappa shape index (κ1) is 10.6. The number of phenols is 1. The third-order valence-electron chi connectivity index (χ3n) is 2.28. The molecule has 2 rings (SSSR count). The Hall–Kier alpha value is -1.88. The molecule has 5 nitrogen and oxygen atoms in total. The molecule has 0 atom stereocenters. The molecule has 1 aromatic heterocycles. The highest BCUT2D eigenvalue weighted by molar-refractivity contribution is 5.57. The monoisotopic (exact) mass is 219 g/mol. The van der Waals surface area contributed by atoms with Gasteiger partial charge in [0, 0.05) is 18.5 Å². The van der Waals surface area contributed by atoms with Crippen molar-refractivity contribution >= 4 is 0 Å². The third kappa shape index (κ3) is 2.04. The first-order valence-corrected chi connectivity index (χ1v) is 5.03. The van der Waals surface area contributed by atoms with Crippen LogP contribution in [0.3, 0.4) is 0 Å². The van der Waals surface area contributed by atoms with Gasteiger partial charge in [-0.05, 0) is 24.6 Å². The predicted molar refractivity (Wildman–Crippen MR) is 58.9 cm³/mol. The molecule has 0 aliphatic rings. The van der Waals surface area contributed by atoms with Crippen LogP contribution in [0.15, 0.2) is 22.6 Å². The second kappa shape index (κ2) is 4.32. The van der Waals surface area contributed by atoms with Crippen LogP contribution in [0, 0.1) is 6.92 Å². The molecule has 0 aliphatic carbocycles. The Kier molecular flexibility index (Phi) is 2.87. The molecule has 0 radical (unpaired) electrons. The average Bonchev–Trinajstić information content (AvgIpc) is 2.71. The largest absolute Gasteiger partial charge is 0.508 e. The first-order chi connectivity index (χ1) is 7.70. The Bertz CT molecular complexity index is 494. The number of aromatic hydroxyl groups is 1. The van der Waals surface area contributed by atoms with Crippen molar-refractivity contribution in [2.75, 3.05) is 6.54 Å². The molecule has 0 unspecified atom stereocenters. The second-order valence-electron chi connectivity index (χ2n) is 3.54. The molecule has 0 saturated heterocycles. The standard InChI is InChI=1S/C11H13N3O2/c1-7-2-3-8(6-9(7)15)11-14-13-10(16-11)4-5-12/h2-3,6,15H,4-5,12H2,1H3. The van der Waals surface area contributed by atoms with Gasteiger partial charge in [0.25, 0.3) is 0 Å². The van der Waals surface area contributed by atoms with Crippen LogP contribution in [0.5, 0.6) is 5.75 Å². The Balaban J connectivity index is 2.31. The van der Waals surface area contributed by atoms with E-state index in [1.807, 2.05) is 13.0 Å². The fraction of sp³-hybridized carbons (Fsp3) is 0.273. The predicted octanol–water partition coefficient (Wildman–Crippen LogP) is 1.25. The summed E-state index contributed by atoms with van der Waals surface area (Å²) in [5.41, 5.74) is 6.90. The first-order valence-electron chi connectivity index (χ1n) is 5.03. The Labute approximate surface area is 92.9 Å². The molecule has 84 valence electrons. The second-order valence-corrected chi connectivity index (χ2v) is 3.54. The van der Waals surface area contributed by atoms with Crippen LogP contribution in [0.4, 0.5) is 0 Å². The van der Waals surface area contributed by atoms with Crippen LogP contribution in [0.25, 0.3) is 11.5 Å². The summed E-state index contributed by atoms with van der Waals surface area (Å²) in [5, 5.41) is 17.3. The van der Waals surface area contributed by atoms with Crippen LogP contribution in [-0.2, 0) is 6.42 Å². The molecule has 2 aromatic rings. The number of aromatic nitrogens is 2. The number of nitrogens with zero attached hydrogens (tertiary/aromatic N) is 2. The minimum absolute atomic E-state index is 0.219. The summed E-state index contributed by atoms with van der Waals surface area (Å²) in [4.78, 5) is 0. The van der Waals surface area contributed by atoms with E-state index >= 15 is 0 Å². The minimum atomic E-state index is 0.219. The van der Waals surface area contributed by atoms with Gasteiger partial charge in [-0.1, -0.05) is 6.07 Å². The molecule has 16 heavy (non-hydrogen) atoms. The van der Waals surface area contributed by atoms with Crippen molar-refractivity contribution in [1.82, 2.24) is 10.2 Å². The number of hydrogen-bond donors (Lipinski definition) is 2. The van der Waals surface area contributed by atoms with Crippen molar-refractivity contribution in [3.63, 3.8) is 0 Å². The molecule has 0 bridgehead atoms. The normalized spacial score (nSPS) is 10.6. The Morgan fingerprint density at radius 3 is 2.88 bits per heavy atom. The molecular weight excluding hydrogens is 206 g/mol. The van der Waals surface area contributed by atoms with E-state index in [0.29, 0.717) is 30.3 Å². The SMILES string of the molecule is Cc1ccc(-c2nnc(CCN)o2)cc1O. The molecule has 3 N–H and O–H groups in total. The number of aryl methyl sites for hydroxylation is 1. The smallest absolute Gasteiger partial charge is 0.247 e. The molecule has 0 aliphatic heterocycles. The lowest BCUT2D eigenvalue weighted by Crippen LogP contribution is -2.02. The summed E-state index contributed by atoms with van der Waals surface area (Å²) < 4.78 is 5.39. The van der Waals surface area contributed by atoms with Gasteiger partial charge in [0.15, 0.2) is 0 Å². The highest BCUT2D eigenvalue weighted by Crippen LogP contribution is 2.24. The van der Waals surface area contributed by atoms with Gasteiger partial charge in [-0.25, -0.2) is 0 Å². The van der Waals surface area contributed by atoms with Crippen LogP contribution in [0.2, 0.25) is 0 Å². The number of benzene rings is 1. The van der Waals surface area contributed by atoms with E-state index in [1.54, 1.807) is 12.1 Å². The van der Waals surface area contributed by atoms with Crippen LogP contribution in [-0.4, -0.2) is 21.8 Å². The van der Waals surface area contributed by atoms with Gasteiger partial charge in [0.2, 0.25) is 11.8 Å². The molecule has 0 spiro atoms. The van der Waals surface area contributed by atoms with Crippen molar-refractivity contribution in [3.8, 4) is 17.2 Å². The van der Waals surface area contributed by atoms with Gasteiger partial charge in [0.05, 0.1) is 0 Å². The van der Waals surface area contributed by atoms with E-state index in [1.165, 1.54) is 0 Å².